The zero-order chi connectivity index (χ0) is 9.97. The fraction of sp³-hybridized carbons (Fsp3) is 0.333. The summed E-state index contributed by atoms with van der Waals surface area (Å²) in [6, 6.07) is 3.99. The standard InChI is InChI=1S/C9H8BrN3O/c10-7-4-8-9(12-5-7)13(6-14-8)3-1-2-11/h4-5H,1,3,6H2. The fourth-order valence-electron chi connectivity index (χ4n) is 1.32. The Balaban J connectivity index is 2.19. The molecular formula is C9H8BrN3O. The first-order chi connectivity index (χ1) is 6.81. The van der Waals surface area contributed by atoms with E-state index in [2.05, 4.69) is 27.0 Å². The number of hydrogen-bond donors (Lipinski definition) is 0. The van der Waals surface area contributed by atoms with Crippen molar-refractivity contribution in [1.29, 1.82) is 5.26 Å². The van der Waals surface area contributed by atoms with Crippen LogP contribution >= 0.6 is 15.9 Å². The quantitative estimate of drug-likeness (QED) is 0.808. The molecule has 1 aromatic rings. The van der Waals surface area contributed by atoms with E-state index in [1.54, 1.807) is 6.20 Å². The minimum Gasteiger partial charge on any atom is -0.469 e. The van der Waals surface area contributed by atoms with Crippen molar-refractivity contribution in [2.24, 2.45) is 0 Å². The average Bonchev–Trinajstić information content (AvgIpc) is 2.57. The molecule has 0 amide bonds. The van der Waals surface area contributed by atoms with Gasteiger partial charge < -0.3 is 9.64 Å². The van der Waals surface area contributed by atoms with Crippen LogP contribution in [0.3, 0.4) is 0 Å². The highest BCUT2D eigenvalue weighted by Gasteiger charge is 2.21. The van der Waals surface area contributed by atoms with Gasteiger partial charge >= 0.3 is 0 Å². The summed E-state index contributed by atoms with van der Waals surface area (Å²) in [6.07, 6.45) is 2.22. The van der Waals surface area contributed by atoms with E-state index >= 15 is 0 Å². The van der Waals surface area contributed by atoms with Gasteiger partial charge in [0.05, 0.1) is 12.5 Å². The van der Waals surface area contributed by atoms with E-state index < -0.39 is 0 Å². The number of hydrogen-bond acceptors (Lipinski definition) is 4. The van der Waals surface area contributed by atoms with Crippen LogP contribution in [-0.2, 0) is 0 Å². The lowest BCUT2D eigenvalue weighted by Crippen LogP contribution is -2.23. The van der Waals surface area contributed by atoms with Gasteiger partial charge in [0.15, 0.2) is 18.3 Å². The smallest absolute Gasteiger partial charge is 0.174 e. The Morgan fingerprint density at radius 3 is 3.36 bits per heavy atom. The lowest BCUT2D eigenvalue weighted by atomic mass is 10.4. The minimum atomic E-state index is 0.487. The summed E-state index contributed by atoms with van der Waals surface area (Å²) < 4.78 is 6.31. The molecule has 0 saturated carbocycles. The van der Waals surface area contributed by atoms with Crippen LogP contribution in [0, 0.1) is 11.3 Å². The van der Waals surface area contributed by atoms with Gasteiger partial charge in [-0.2, -0.15) is 5.26 Å². The topological polar surface area (TPSA) is 49.2 Å². The molecule has 4 nitrogen and oxygen atoms in total. The number of aromatic nitrogens is 1. The molecule has 0 aromatic carbocycles. The second-order valence-electron chi connectivity index (χ2n) is 2.92. The van der Waals surface area contributed by atoms with Gasteiger partial charge in [0.1, 0.15) is 0 Å². The van der Waals surface area contributed by atoms with Crippen molar-refractivity contribution in [1.82, 2.24) is 4.98 Å². The molecule has 14 heavy (non-hydrogen) atoms. The molecule has 1 aromatic heterocycles. The summed E-state index contributed by atoms with van der Waals surface area (Å²) in [6.45, 7) is 1.15. The predicted molar refractivity (Wildman–Crippen MR) is 55.0 cm³/mol. The summed E-state index contributed by atoms with van der Waals surface area (Å²) in [5.41, 5.74) is 0. The molecule has 2 heterocycles. The van der Waals surface area contributed by atoms with Crippen LogP contribution in [0.4, 0.5) is 5.82 Å². The van der Waals surface area contributed by atoms with E-state index in [0.29, 0.717) is 19.7 Å². The molecule has 5 heteroatoms. The highest BCUT2D eigenvalue weighted by Crippen LogP contribution is 2.33. The zero-order valence-electron chi connectivity index (χ0n) is 7.40. The largest absolute Gasteiger partial charge is 0.469 e. The van der Waals surface area contributed by atoms with E-state index in [1.807, 2.05) is 11.0 Å². The second-order valence-corrected chi connectivity index (χ2v) is 3.84. The molecule has 0 saturated heterocycles. The zero-order valence-corrected chi connectivity index (χ0v) is 8.99. The molecule has 0 unspecified atom stereocenters. The first-order valence-electron chi connectivity index (χ1n) is 4.21. The molecule has 0 spiro atoms. The van der Waals surface area contributed by atoms with Gasteiger partial charge in [0.2, 0.25) is 0 Å². The lowest BCUT2D eigenvalue weighted by molar-refractivity contribution is 0.347. The molecule has 0 radical (unpaired) electrons. The monoisotopic (exact) mass is 253 g/mol. The molecule has 2 rings (SSSR count). The normalized spacial score (nSPS) is 13.3. The summed E-state index contributed by atoms with van der Waals surface area (Å²) in [5, 5.41) is 8.47. The number of anilines is 1. The van der Waals surface area contributed by atoms with Crippen molar-refractivity contribution < 1.29 is 4.74 Å². The third-order valence-corrected chi connectivity index (χ3v) is 2.40. The molecule has 1 aliphatic heterocycles. The van der Waals surface area contributed by atoms with Gasteiger partial charge in [-0.15, -0.1) is 0 Å². The minimum absolute atomic E-state index is 0.487. The lowest BCUT2D eigenvalue weighted by Gasteiger charge is -2.12. The Kier molecular flexibility index (Phi) is 2.55. The predicted octanol–water partition coefficient (Wildman–Crippen LogP) is 1.91. The Morgan fingerprint density at radius 1 is 1.71 bits per heavy atom. The molecule has 0 aliphatic carbocycles. The van der Waals surface area contributed by atoms with Crippen LogP contribution < -0.4 is 9.64 Å². The SMILES string of the molecule is N#CCCN1COc2cc(Br)cnc21. The van der Waals surface area contributed by atoms with Crippen molar-refractivity contribution in [2.45, 2.75) is 6.42 Å². The van der Waals surface area contributed by atoms with Gasteiger partial charge in [-0.3, -0.25) is 0 Å². The Hall–Kier alpha value is -1.28. The number of nitriles is 1. The summed E-state index contributed by atoms with van der Waals surface area (Å²) in [4.78, 5) is 6.19. The van der Waals surface area contributed by atoms with Crippen LogP contribution in [0.1, 0.15) is 6.42 Å². The molecule has 72 valence electrons. The first-order valence-corrected chi connectivity index (χ1v) is 5.01. The highest BCUT2D eigenvalue weighted by molar-refractivity contribution is 9.10. The maximum Gasteiger partial charge on any atom is 0.174 e. The maximum atomic E-state index is 8.47. The van der Waals surface area contributed by atoms with Gasteiger partial charge in [0, 0.05) is 17.2 Å². The van der Waals surface area contributed by atoms with Crippen molar-refractivity contribution in [3.63, 3.8) is 0 Å². The summed E-state index contributed by atoms with van der Waals surface area (Å²) >= 11 is 3.32. The van der Waals surface area contributed by atoms with E-state index in [9.17, 15) is 0 Å². The van der Waals surface area contributed by atoms with E-state index in [-0.39, 0.29) is 0 Å². The number of rotatable bonds is 2. The molecule has 0 bridgehead atoms. The third kappa shape index (κ3) is 1.66. The molecule has 0 N–H and O–H groups in total. The van der Waals surface area contributed by atoms with Crippen LogP contribution in [0.15, 0.2) is 16.7 Å². The molecule has 0 fully saturated rings. The van der Waals surface area contributed by atoms with E-state index in [4.69, 9.17) is 10.00 Å². The fourth-order valence-corrected chi connectivity index (χ4v) is 1.63. The summed E-state index contributed by atoms with van der Waals surface area (Å²) in [7, 11) is 0. The third-order valence-electron chi connectivity index (χ3n) is 1.97. The Bertz CT molecular complexity index is 388. The van der Waals surface area contributed by atoms with Gasteiger partial charge in [0.25, 0.3) is 0 Å². The maximum absolute atomic E-state index is 8.47. The number of pyridine rings is 1. The Morgan fingerprint density at radius 2 is 2.57 bits per heavy atom. The first kappa shape index (κ1) is 9.28. The van der Waals surface area contributed by atoms with Crippen molar-refractivity contribution in [3.8, 4) is 11.8 Å². The van der Waals surface area contributed by atoms with Gasteiger partial charge in [-0.1, -0.05) is 0 Å². The van der Waals surface area contributed by atoms with Crippen LogP contribution in [0.2, 0.25) is 0 Å². The highest BCUT2D eigenvalue weighted by atomic mass is 79.9. The van der Waals surface area contributed by atoms with Crippen molar-refractivity contribution in [2.75, 3.05) is 18.2 Å². The van der Waals surface area contributed by atoms with Crippen LogP contribution in [-0.4, -0.2) is 18.3 Å². The average molecular weight is 254 g/mol. The van der Waals surface area contributed by atoms with E-state index in [0.717, 1.165) is 16.0 Å². The Labute approximate surface area is 90.2 Å². The van der Waals surface area contributed by atoms with E-state index in [1.165, 1.54) is 0 Å². The van der Waals surface area contributed by atoms with Crippen LogP contribution in [0.25, 0.3) is 0 Å². The molecular weight excluding hydrogens is 246 g/mol. The van der Waals surface area contributed by atoms with Crippen molar-refractivity contribution in [3.05, 3.63) is 16.7 Å². The van der Waals surface area contributed by atoms with Gasteiger partial charge in [-0.25, -0.2) is 4.98 Å². The van der Waals surface area contributed by atoms with Crippen LogP contribution in [0.5, 0.6) is 5.75 Å². The number of halogens is 1. The summed E-state index contributed by atoms with van der Waals surface area (Å²) in [5.74, 6) is 1.60. The molecule has 1 aliphatic rings. The number of nitrogens with zero attached hydrogens (tertiary/aromatic N) is 3. The number of fused-ring (bicyclic) bond motifs is 1. The van der Waals surface area contributed by atoms with Gasteiger partial charge in [-0.05, 0) is 22.0 Å². The molecule has 0 atom stereocenters. The number of ether oxygens (including phenoxy) is 1. The second kappa shape index (κ2) is 3.84. The van der Waals surface area contributed by atoms with Crippen molar-refractivity contribution >= 4 is 21.7 Å².